The van der Waals surface area contributed by atoms with Gasteiger partial charge in [0.15, 0.2) is 5.13 Å². The van der Waals surface area contributed by atoms with E-state index in [0.29, 0.717) is 5.69 Å². The van der Waals surface area contributed by atoms with Gasteiger partial charge in [0.1, 0.15) is 17.5 Å². The van der Waals surface area contributed by atoms with Crippen molar-refractivity contribution < 1.29 is 24.2 Å². The van der Waals surface area contributed by atoms with Gasteiger partial charge in [0, 0.05) is 5.92 Å². The van der Waals surface area contributed by atoms with Gasteiger partial charge in [-0.05, 0) is 35.1 Å². The van der Waals surface area contributed by atoms with Crippen molar-refractivity contribution in [2.45, 2.75) is 32.7 Å². The number of aromatic nitrogens is 1. The molecule has 0 radical (unpaired) electrons. The Balaban J connectivity index is 1.41. The van der Waals surface area contributed by atoms with Crippen LogP contribution in [0.4, 0.5) is 9.93 Å². The summed E-state index contributed by atoms with van der Waals surface area (Å²) in [6.45, 7) is 5.21. The molecular weight excluding hydrogens is 454 g/mol. The van der Waals surface area contributed by atoms with E-state index in [1.54, 1.807) is 20.8 Å². The van der Waals surface area contributed by atoms with E-state index in [0.717, 1.165) is 33.6 Å². The summed E-state index contributed by atoms with van der Waals surface area (Å²) >= 11 is 0.969. The van der Waals surface area contributed by atoms with Gasteiger partial charge >= 0.3 is 12.1 Å². The number of anilines is 1. The number of fused-ring (bicyclic) bond motifs is 3. The lowest BCUT2D eigenvalue weighted by atomic mass is 9.98. The number of hydrogen-bond donors (Lipinski definition) is 3. The highest BCUT2D eigenvalue weighted by Gasteiger charge is 2.29. The number of thiazole rings is 1. The Labute approximate surface area is 201 Å². The molecule has 8 nitrogen and oxygen atoms in total. The van der Waals surface area contributed by atoms with Crippen LogP contribution in [-0.2, 0) is 9.53 Å². The van der Waals surface area contributed by atoms with Crippen LogP contribution in [-0.4, -0.2) is 40.7 Å². The predicted molar refractivity (Wildman–Crippen MR) is 129 cm³/mol. The highest BCUT2D eigenvalue weighted by Crippen LogP contribution is 2.44. The summed E-state index contributed by atoms with van der Waals surface area (Å²) in [5.41, 5.74) is 4.89. The Morgan fingerprint density at radius 1 is 1.06 bits per heavy atom. The number of carboxylic acid groups (broad SMARTS) is 1. The lowest BCUT2D eigenvalue weighted by molar-refractivity contribution is -0.140. The molecule has 0 spiro atoms. The fourth-order valence-electron chi connectivity index (χ4n) is 4.10. The van der Waals surface area contributed by atoms with E-state index >= 15 is 0 Å². The van der Waals surface area contributed by atoms with Crippen molar-refractivity contribution in [1.29, 1.82) is 0 Å². The van der Waals surface area contributed by atoms with Crippen LogP contribution < -0.4 is 10.6 Å². The molecule has 2 aromatic carbocycles. The average Bonchev–Trinajstić information content (AvgIpc) is 3.32. The fraction of sp³-hybridized carbons (Fsp3) is 0.280. The molecule has 1 aliphatic rings. The van der Waals surface area contributed by atoms with Crippen molar-refractivity contribution in [3.8, 4) is 11.1 Å². The number of ether oxygens (including phenoxy) is 1. The molecule has 0 bridgehead atoms. The smallest absolute Gasteiger partial charge is 0.413 e. The van der Waals surface area contributed by atoms with Crippen molar-refractivity contribution >= 4 is 34.4 Å². The quantitative estimate of drug-likeness (QED) is 0.454. The number of rotatable bonds is 7. The molecule has 3 aromatic rings. The van der Waals surface area contributed by atoms with E-state index in [2.05, 4.69) is 27.8 Å². The van der Waals surface area contributed by atoms with Crippen LogP contribution in [0.15, 0.2) is 48.5 Å². The maximum Gasteiger partial charge on any atom is 0.413 e. The molecule has 4 rings (SSSR count). The minimum absolute atomic E-state index is 0.0681. The van der Waals surface area contributed by atoms with E-state index < -0.39 is 24.0 Å². The summed E-state index contributed by atoms with van der Waals surface area (Å²) in [4.78, 5) is 40.9. The molecule has 0 fully saturated rings. The van der Waals surface area contributed by atoms with Crippen LogP contribution in [0.5, 0.6) is 0 Å². The number of carbonyl (C=O) groups excluding carboxylic acids is 2. The monoisotopic (exact) mass is 479 g/mol. The van der Waals surface area contributed by atoms with Gasteiger partial charge in [0.25, 0.3) is 5.91 Å². The molecule has 0 saturated carbocycles. The maximum absolute atomic E-state index is 12.6. The average molecular weight is 480 g/mol. The van der Waals surface area contributed by atoms with Crippen LogP contribution in [0.2, 0.25) is 0 Å². The summed E-state index contributed by atoms with van der Waals surface area (Å²) in [6, 6.07) is 15.1. The van der Waals surface area contributed by atoms with Gasteiger partial charge in [-0.15, -0.1) is 0 Å². The molecule has 0 saturated heterocycles. The number of amides is 2. The molecule has 1 heterocycles. The molecule has 2 amide bonds. The molecule has 0 unspecified atom stereocenters. The van der Waals surface area contributed by atoms with Crippen molar-refractivity contribution in [2.24, 2.45) is 5.92 Å². The topological polar surface area (TPSA) is 118 Å². The van der Waals surface area contributed by atoms with E-state index in [4.69, 9.17) is 4.74 Å². The van der Waals surface area contributed by atoms with Gasteiger partial charge in [-0.1, -0.05) is 73.7 Å². The first-order valence-corrected chi connectivity index (χ1v) is 11.7. The third kappa shape index (κ3) is 4.65. The number of benzene rings is 2. The van der Waals surface area contributed by atoms with Crippen molar-refractivity contribution in [2.75, 3.05) is 11.9 Å². The molecule has 1 aromatic heterocycles. The fourth-order valence-corrected chi connectivity index (χ4v) is 4.96. The zero-order valence-electron chi connectivity index (χ0n) is 19.0. The highest BCUT2D eigenvalue weighted by molar-refractivity contribution is 7.17. The number of hydrogen-bond acceptors (Lipinski definition) is 6. The molecule has 34 heavy (non-hydrogen) atoms. The molecule has 1 atom stereocenters. The SMILES string of the molecule is Cc1nc(NC(=O)OCC2c3ccccc3-c3ccccc32)sc1C(=O)N[C@H](C(=O)O)C(C)C. The lowest BCUT2D eigenvalue weighted by Crippen LogP contribution is -2.44. The summed E-state index contributed by atoms with van der Waals surface area (Å²) in [5.74, 6) is -2.01. The first-order valence-electron chi connectivity index (χ1n) is 10.9. The van der Waals surface area contributed by atoms with Crippen LogP contribution >= 0.6 is 11.3 Å². The molecule has 176 valence electrons. The number of nitrogens with one attached hydrogen (secondary N) is 2. The second kappa shape index (κ2) is 9.64. The first-order chi connectivity index (χ1) is 16.3. The van der Waals surface area contributed by atoms with Gasteiger partial charge in [-0.25, -0.2) is 14.6 Å². The van der Waals surface area contributed by atoms with Crippen LogP contribution in [0.1, 0.15) is 46.3 Å². The van der Waals surface area contributed by atoms with Crippen molar-refractivity contribution in [1.82, 2.24) is 10.3 Å². The summed E-state index contributed by atoms with van der Waals surface area (Å²) in [6.07, 6.45) is -0.673. The van der Waals surface area contributed by atoms with Crippen LogP contribution in [0, 0.1) is 12.8 Å². The maximum atomic E-state index is 12.6. The number of aliphatic carboxylic acids is 1. The Morgan fingerprint density at radius 2 is 1.65 bits per heavy atom. The number of aryl methyl sites for hydroxylation is 1. The number of carbonyl (C=O) groups is 3. The second-order valence-electron chi connectivity index (χ2n) is 8.42. The van der Waals surface area contributed by atoms with E-state index in [1.807, 2.05) is 36.4 Å². The summed E-state index contributed by atoms with van der Waals surface area (Å²) < 4.78 is 5.52. The second-order valence-corrected chi connectivity index (χ2v) is 9.42. The number of nitrogens with zero attached hydrogens (tertiary/aromatic N) is 1. The molecule has 9 heteroatoms. The number of carboxylic acids is 1. The van der Waals surface area contributed by atoms with Gasteiger partial charge in [0.05, 0.1) is 5.69 Å². The van der Waals surface area contributed by atoms with E-state index in [-0.39, 0.29) is 28.5 Å². The van der Waals surface area contributed by atoms with Gasteiger partial charge in [-0.2, -0.15) is 0 Å². The molecule has 3 N–H and O–H groups in total. The Bertz CT molecular complexity index is 1210. The zero-order chi connectivity index (χ0) is 24.4. The highest BCUT2D eigenvalue weighted by atomic mass is 32.1. The Kier molecular flexibility index (Phi) is 6.65. The largest absolute Gasteiger partial charge is 0.480 e. The van der Waals surface area contributed by atoms with Gasteiger partial charge in [-0.3, -0.25) is 10.1 Å². The minimum Gasteiger partial charge on any atom is -0.480 e. The van der Waals surface area contributed by atoms with Crippen molar-refractivity contribution in [3.05, 3.63) is 70.2 Å². The Hall–Kier alpha value is -3.72. The minimum atomic E-state index is -1.11. The Morgan fingerprint density at radius 3 is 2.21 bits per heavy atom. The first kappa shape index (κ1) is 23.4. The summed E-state index contributed by atoms with van der Waals surface area (Å²) in [7, 11) is 0. The van der Waals surface area contributed by atoms with Crippen LogP contribution in [0.25, 0.3) is 11.1 Å². The van der Waals surface area contributed by atoms with E-state index in [9.17, 15) is 19.5 Å². The van der Waals surface area contributed by atoms with Gasteiger partial charge in [0.2, 0.25) is 0 Å². The van der Waals surface area contributed by atoms with Crippen LogP contribution in [0.3, 0.4) is 0 Å². The molecule has 0 aliphatic heterocycles. The third-order valence-corrected chi connectivity index (χ3v) is 6.85. The standard InChI is InChI=1S/C25H25N3O5S/c1-13(2)20(23(30)31)27-22(29)21-14(3)26-24(34-21)28-25(32)33-12-19-17-10-6-4-8-15(17)16-9-5-7-11-18(16)19/h4-11,13,19-20H,12H2,1-3H3,(H,27,29)(H,30,31)(H,26,28,32)/t20-/m0/s1. The molecule has 1 aliphatic carbocycles. The molecular formula is C25H25N3O5S. The zero-order valence-corrected chi connectivity index (χ0v) is 19.8. The van der Waals surface area contributed by atoms with Crippen molar-refractivity contribution in [3.63, 3.8) is 0 Å². The lowest BCUT2D eigenvalue weighted by Gasteiger charge is -2.17. The van der Waals surface area contributed by atoms with Gasteiger partial charge < -0.3 is 15.2 Å². The van der Waals surface area contributed by atoms with E-state index in [1.165, 1.54) is 0 Å². The summed E-state index contributed by atoms with van der Waals surface area (Å²) in [5, 5.41) is 14.6. The predicted octanol–water partition coefficient (Wildman–Crippen LogP) is 4.65. The third-order valence-electron chi connectivity index (χ3n) is 5.77. The normalized spacial score (nSPS) is 13.2.